The Labute approximate surface area is 247 Å². The summed E-state index contributed by atoms with van der Waals surface area (Å²) in [5, 5.41) is 0. The zero-order chi connectivity index (χ0) is 28.5. The number of hydrogen-bond donors (Lipinski definition) is 0. The molecule has 5 aromatic rings. The number of benzene rings is 5. The van der Waals surface area contributed by atoms with E-state index in [1.165, 1.54) is 55.7 Å². The minimum absolute atomic E-state index is 0.570. The first-order valence-electron chi connectivity index (χ1n) is 14.7. The van der Waals surface area contributed by atoms with Gasteiger partial charge in [-0.1, -0.05) is 109 Å². The van der Waals surface area contributed by atoms with E-state index >= 15 is 0 Å². The largest absolute Gasteiger partial charge is 0.493 e. The minimum Gasteiger partial charge on any atom is -0.493 e. The third-order valence-electron chi connectivity index (χ3n) is 8.01. The smallest absolute Gasteiger partial charge is 0.127 e. The topological polar surface area (TPSA) is 18.5 Å². The van der Waals surface area contributed by atoms with Gasteiger partial charge in [-0.3, -0.25) is 0 Å². The molecule has 2 aliphatic carbocycles. The van der Waals surface area contributed by atoms with Gasteiger partial charge in [0.05, 0.1) is 13.2 Å². The fourth-order valence-electron chi connectivity index (χ4n) is 6.15. The molecule has 0 unspecified atom stereocenters. The van der Waals surface area contributed by atoms with Gasteiger partial charge < -0.3 is 9.47 Å². The van der Waals surface area contributed by atoms with E-state index in [0.717, 1.165) is 22.6 Å². The van der Waals surface area contributed by atoms with Crippen LogP contribution in [0.25, 0.3) is 46.6 Å². The van der Waals surface area contributed by atoms with Crippen LogP contribution in [0.5, 0.6) is 11.5 Å². The van der Waals surface area contributed by atoms with E-state index in [9.17, 15) is 0 Å². The molecule has 2 heteroatoms. The molecule has 0 bridgehead atoms. The second kappa shape index (κ2) is 11.1. The van der Waals surface area contributed by atoms with Crippen LogP contribution in [0.2, 0.25) is 0 Å². The number of hydrogen-bond acceptors (Lipinski definition) is 2. The summed E-state index contributed by atoms with van der Waals surface area (Å²) in [5.74, 6) is 1.68. The van der Waals surface area contributed by atoms with Crippen molar-refractivity contribution in [3.05, 3.63) is 154 Å². The molecular formula is C40H32O2. The second-order valence-electron chi connectivity index (χ2n) is 10.5. The highest BCUT2D eigenvalue weighted by molar-refractivity contribution is 6.07. The first-order valence-corrected chi connectivity index (χ1v) is 14.7. The average molecular weight is 545 g/mol. The van der Waals surface area contributed by atoms with E-state index in [1.807, 2.05) is 13.8 Å². The summed E-state index contributed by atoms with van der Waals surface area (Å²) in [5.41, 5.74) is 14.2. The number of rotatable bonds is 6. The highest BCUT2D eigenvalue weighted by atomic mass is 16.5. The summed E-state index contributed by atoms with van der Waals surface area (Å²) in [6.45, 7) is 5.22. The van der Waals surface area contributed by atoms with Crippen molar-refractivity contribution in [3.8, 4) is 22.6 Å². The quantitative estimate of drug-likeness (QED) is 0.207. The lowest BCUT2D eigenvalue weighted by molar-refractivity contribution is 0.329. The van der Waals surface area contributed by atoms with Crippen LogP contribution in [0.1, 0.15) is 58.4 Å². The van der Waals surface area contributed by atoms with Gasteiger partial charge >= 0.3 is 0 Å². The fraction of sp³-hybridized carbons (Fsp3) is 0.100. The molecule has 0 saturated carbocycles. The molecule has 2 aliphatic rings. The summed E-state index contributed by atoms with van der Waals surface area (Å²) < 4.78 is 12.6. The van der Waals surface area contributed by atoms with E-state index in [2.05, 4.69) is 133 Å². The maximum absolute atomic E-state index is 6.32. The van der Waals surface area contributed by atoms with Crippen LogP contribution < -0.4 is 9.47 Å². The molecule has 0 aromatic heterocycles. The van der Waals surface area contributed by atoms with Crippen molar-refractivity contribution >= 4 is 35.5 Å². The van der Waals surface area contributed by atoms with Crippen molar-refractivity contribution < 1.29 is 9.47 Å². The van der Waals surface area contributed by atoms with Gasteiger partial charge in [0.1, 0.15) is 11.5 Å². The molecule has 0 atom stereocenters. The summed E-state index contributed by atoms with van der Waals surface area (Å²) in [6, 6.07) is 38.7. The predicted molar refractivity (Wildman–Crippen MR) is 176 cm³/mol. The fourth-order valence-corrected chi connectivity index (χ4v) is 6.15. The molecule has 42 heavy (non-hydrogen) atoms. The van der Waals surface area contributed by atoms with Crippen molar-refractivity contribution in [3.63, 3.8) is 0 Å². The first kappa shape index (κ1) is 25.9. The van der Waals surface area contributed by atoms with Crippen LogP contribution in [0, 0.1) is 0 Å². The van der Waals surface area contributed by atoms with Gasteiger partial charge in [-0.15, -0.1) is 0 Å². The average Bonchev–Trinajstić information content (AvgIpc) is 3.25. The highest BCUT2D eigenvalue weighted by Gasteiger charge is 2.23. The van der Waals surface area contributed by atoms with E-state index < -0.39 is 0 Å². The third kappa shape index (κ3) is 4.55. The Bertz CT molecular complexity index is 1800. The summed E-state index contributed by atoms with van der Waals surface area (Å²) >= 11 is 0. The lowest BCUT2D eigenvalue weighted by Crippen LogP contribution is -2.00. The Hall–Kier alpha value is -5.08. The Kier molecular flexibility index (Phi) is 6.81. The normalized spacial score (nSPS) is 12.5. The predicted octanol–water partition coefficient (Wildman–Crippen LogP) is 10.1. The SMILES string of the molecule is CCOc1cc(C=C2c3ccccc3-c3ccccc32)c(OCC)cc1C=C1c2ccccc2C=Cc2ccccc21. The van der Waals surface area contributed by atoms with Crippen LogP contribution in [0.15, 0.2) is 109 Å². The maximum atomic E-state index is 6.32. The van der Waals surface area contributed by atoms with Crippen LogP contribution >= 0.6 is 0 Å². The zero-order valence-corrected chi connectivity index (χ0v) is 23.9. The summed E-state index contributed by atoms with van der Waals surface area (Å²) in [4.78, 5) is 0. The molecule has 204 valence electrons. The summed E-state index contributed by atoms with van der Waals surface area (Å²) in [6.07, 6.45) is 8.93. The highest BCUT2D eigenvalue weighted by Crippen LogP contribution is 2.46. The molecule has 0 fully saturated rings. The van der Waals surface area contributed by atoms with E-state index in [-0.39, 0.29) is 0 Å². The Morgan fingerprint density at radius 2 is 0.810 bits per heavy atom. The van der Waals surface area contributed by atoms with Gasteiger partial charge in [0.2, 0.25) is 0 Å². The van der Waals surface area contributed by atoms with E-state index in [1.54, 1.807) is 0 Å². The molecule has 0 saturated heterocycles. The van der Waals surface area contributed by atoms with Crippen LogP contribution in [-0.4, -0.2) is 13.2 Å². The Morgan fingerprint density at radius 1 is 0.452 bits per heavy atom. The lowest BCUT2D eigenvalue weighted by Gasteiger charge is -2.17. The number of fused-ring (bicyclic) bond motifs is 5. The van der Waals surface area contributed by atoms with Gasteiger partial charge in [0.15, 0.2) is 0 Å². The molecule has 2 nitrogen and oxygen atoms in total. The van der Waals surface area contributed by atoms with Gasteiger partial charge in [0.25, 0.3) is 0 Å². The van der Waals surface area contributed by atoms with Crippen molar-refractivity contribution in [2.45, 2.75) is 13.8 Å². The molecule has 0 heterocycles. The van der Waals surface area contributed by atoms with Gasteiger partial charge in [-0.2, -0.15) is 0 Å². The maximum Gasteiger partial charge on any atom is 0.127 e. The minimum atomic E-state index is 0.570. The Morgan fingerprint density at radius 3 is 1.24 bits per heavy atom. The van der Waals surface area contributed by atoms with E-state index in [4.69, 9.17) is 9.47 Å². The molecule has 0 N–H and O–H groups in total. The van der Waals surface area contributed by atoms with Crippen LogP contribution in [0.3, 0.4) is 0 Å². The van der Waals surface area contributed by atoms with Crippen LogP contribution in [-0.2, 0) is 0 Å². The van der Waals surface area contributed by atoms with Gasteiger partial charge in [-0.25, -0.2) is 0 Å². The van der Waals surface area contributed by atoms with Crippen molar-refractivity contribution in [2.75, 3.05) is 13.2 Å². The zero-order valence-electron chi connectivity index (χ0n) is 23.9. The molecule has 0 spiro atoms. The van der Waals surface area contributed by atoms with Crippen molar-refractivity contribution in [2.24, 2.45) is 0 Å². The molecule has 0 amide bonds. The Balaban J connectivity index is 1.43. The second-order valence-corrected chi connectivity index (χ2v) is 10.5. The standard InChI is InChI=1S/C40H32O2/c1-3-41-39-26-30(24-38-35-19-11-9-17-33(35)34-18-10-12-20-36(34)38)40(42-4-2)25-29(39)23-37-31-15-7-5-13-27(31)21-22-28-14-6-8-16-32(28)37/h5-26H,3-4H2,1-2H3. The molecular weight excluding hydrogens is 512 g/mol. The van der Waals surface area contributed by atoms with Crippen molar-refractivity contribution in [1.82, 2.24) is 0 Å². The molecule has 7 rings (SSSR count). The van der Waals surface area contributed by atoms with E-state index in [0.29, 0.717) is 13.2 Å². The first-order chi connectivity index (χ1) is 20.7. The van der Waals surface area contributed by atoms with Gasteiger partial charge in [0, 0.05) is 11.1 Å². The third-order valence-corrected chi connectivity index (χ3v) is 8.01. The molecule has 0 radical (unpaired) electrons. The van der Waals surface area contributed by atoms with Crippen molar-refractivity contribution in [1.29, 1.82) is 0 Å². The monoisotopic (exact) mass is 544 g/mol. The molecule has 0 aliphatic heterocycles. The lowest BCUT2D eigenvalue weighted by atomic mass is 9.91. The number of ether oxygens (including phenoxy) is 2. The van der Waals surface area contributed by atoms with Crippen LogP contribution in [0.4, 0.5) is 0 Å². The molecule has 5 aromatic carbocycles. The van der Waals surface area contributed by atoms with Gasteiger partial charge in [-0.05, 0) is 93.8 Å². The summed E-state index contributed by atoms with van der Waals surface area (Å²) in [7, 11) is 0.